The van der Waals surface area contributed by atoms with Crippen LogP contribution in [-0.4, -0.2) is 82.0 Å². The summed E-state index contributed by atoms with van der Waals surface area (Å²) in [6, 6.07) is 11.0. The van der Waals surface area contributed by atoms with Crippen molar-refractivity contribution in [1.82, 2.24) is 14.2 Å². The van der Waals surface area contributed by atoms with Crippen LogP contribution in [0.2, 0.25) is 0 Å². The second-order valence-electron chi connectivity index (χ2n) is 9.84. The molecular formula is C27H36N4O5S3. The molecule has 39 heavy (non-hydrogen) atoms. The largest absolute Gasteiger partial charge is 0.302 e. The summed E-state index contributed by atoms with van der Waals surface area (Å²) in [6.07, 6.45) is 3.83. The van der Waals surface area contributed by atoms with Crippen LogP contribution in [0.3, 0.4) is 0 Å². The van der Waals surface area contributed by atoms with Gasteiger partial charge in [0, 0.05) is 37.5 Å². The van der Waals surface area contributed by atoms with Crippen molar-refractivity contribution >= 4 is 52.5 Å². The molecule has 1 saturated heterocycles. The summed E-state index contributed by atoms with van der Waals surface area (Å²) in [7, 11) is -7.16. The number of hydrogen-bond donors (Lipinski definition) is 0. The molecule has 1 aromatic heterocycles. The number of hydrogen-bond acceptors (Lipinski definition) is 8. The van der Waals surface area contributed by atoms with Crippen LogP contribution in [0.15, 0.2) is 52.3 Å². The van der Waals surface area contributed by atoms with Gasteiger partial charge in [0.25, 0.3) is 5.91 Å². The van der Waals surface area contributed by atoms with Crippen molar-refractivity contribution in [3.05, 3.63) is 48.0 Å². The lowest BCUT2D eigenvalue weighted by atomic mass is 10.1. The van der Waals surface area contributed by atoms with Crippen molar-refractivity contribution in [3.63, 3.8) is 0 Å². The Hall–Kier alpha value is -2.38. The lowest BCUT2D eigenvalue weighted by Crippen LogP contribution is -2.42. The Labute approximate surface area is 235 Å². The second kappa shape index (κ2) is 12.0. The third kappa shape index (κ3) is 6.35. The van der Waals surface area contributed by atoms with E-state index in [0.717, 1.165) is 38.6 Å². The molecule has 1 aliphatic rings. The fourth-order valence-corrected chi connectivity index (χ4v) is 8.49. The summed E-state index contributed by atoms with van der Waals surface area (Å²) in [5.74, 6) is -0.322. The highest BCUT2D eigenvalue weighted by Gasteiger charge is 2.31. The third-order valence-corrected chi connectivity index (χ3v) is 11.4. The minimum absolute atomic E-state index is 0.0588. The van der Waals surface area contributed by atoms with Gasteiger partial charge < -0.3 is 4.90 Å². The van der Waals surface area contributed by atoms with Crippen molar-refractivity contribution in [2.75, 3.05) is 43.9 Å². The first-order valence-electron chi connectivity index (χ1n) is 13.2. The summed E-state index contributed by atoms with van der Waals surface area (Å²) >= 11 is 1.26. The van der Waals surface area contributed by atoms with Gasteiger partial charge >= 0.3 is 0 Å². The number of amides is 1. The summed E-state index contributed by atoms with van der Waals surface area (Å²) in [6.45, 7) is 9.11. The molecule has 1 unspecified atom stereocenters. The number of nitrogens with zero attached hydrogens (tertiary/aromatic N) is 4. The first-order valence-corrected chi connectivity index (χ1v) is 17.4. The average Bonchev–Trinajstić information content (AvgIpc) is 3.34. The second-order valence-corrected chi connectivity index (χ2v) is 14.7. The Balaban J connectivity index is 1.68. The molecule has 1 atom stereocenters. The number of para-hydroxylation sites is 1. The highest BCUT2D eigenvalue weighted by atomic mass is 32.2. The van der Waals surface area contributed by atoms with Gasteiger partial charge in [0.15, 0.2) is 15.0 Å². The predicted octanol–water partition coefficient (Wildman–Crippen LogP) is 4.25. The Morgan fingerprint density at radius 1 is 1.03 bits per heavy atom. The van der Waals surface area contributed by atoms with E-state index in [1.165, 1.54) is 29.5 Å². The minimum atomic E-state index is -3.66. The SMILES string of the molecule is CCN(CC)CCN(C(=O)c1ccc(S(=O)(=O)N2CCCCC2C)cc1)c1nc2c(S(C)(=O)=O)cccc2s1. The van der Waals surface area contributed by atoms with E-state index in [1.54, 1.807) is 33.5 Å². The van der Waals surface area contributed by atoms with Gasteiger partial charge in [0.1, 0.15) is 5.52 Å². The Kier molecular flexibility index (Phi) is 9.12. The number of sulfone groups is 1. The molecule has 2 heterocycles. The zero-order valence-corrected chi connectivity index (χ0v) is 25.3. The predicted molar refractivity (Wildman–Crippen MR) is 156 cm³/mol. The molecule has 1 amide bonds. The van der Waals surface area contributed by atoms with Gasteiger partial charge in [0.05, 0.1) is 14.5 Å². The molecule has 0 saturated carbocycles. The standard InChI is InChI=1S/C27H36N4O5S3/c1-5-29(6-2)18-19-30(27-28-25-23(37-27)11-9-12-24(25)38(4,33)34)26(32)21-13-15-22(16-14-21)39(35,36)31-17-8-7-10-20(31)3/h9,11-16,20H,5-8,10,17-19H2,1-4H3. The zero-order valence-electron chi connectivity index (χ0n) is 22.8. The lowest BCUT2D eigenvalue weighted by molar-refractivity contribution is 0.0983. The Morgan fingerprint density at radius 2 is 1.72 bits per heavy atom. The number of likely N-dealkylation sites (N-methyl/N-ethyl adjacent to an activating group) is 1. The normalized spacial score (nSPS) is 17.1. The number of benzene rings is 2. The van der Waals surface area contributed by atoms with Crippen LogP contribution in [0.5, 0.6) is 0 Å². The van der Waals surface area contributed by atoms with Crippen LogP contribution in [0, 0.1) is 0 Å². The van der Waals surface area contributed by atoms with E-state index in [4.69, 9.17) is 0 Å². The van der Waals surface area contributed by atoms with Gasteiger partial charge in [0.2, 0.25) is 10.0 Å². The maximum Gasteiger partial charge on any atom is 0.260 e. The summed E-state index contributed by atoms with van der Waals surface area (Å²) in [4.78, 5) is 22.4. The highest BCUT2D eigenvalue weighted by molar-refractivity contribution is 7.91. The summed E-state index contributed by atoms with van der Waals surface area (Å²) < 4.78 is 53.4. The minimum Gasteiger partial charge on any atom is -0.302 e. The molecule has 12 heteroatoms. The van der Waals surface area contributed by atoms with Gasteiger partial charge in [-0.15, -0.1) is 0 Å². The number of carbonyl (C=O) groups excluding carboxylic acids is 1. The van der Waals surface area contributed by atoms with Crippen LogP contribution in [0.1, 0.15) is 50.4 Å². The first kappa shape index (κ1) is 29.6. The Morgan fingerprint density at radius 3 is 2.33 bits per heavy atom. The molecule has 4 rings (SSSR count). The van der Waals surface area contributed by atoms with Gasteiger partial charge in [-0.2, -0.15) is 4.31 Å². The average molecular weight is 593 g/mol. The van der Waals surface area contributed by atoms with Crippen LogP contribution in [-0.2, 0) is 19.9 Å². The first-order chi connectivity index (χ1) is 18.5. The third-order valence-electron chi connectivity index (χ3n) is 7.23. The fraction of sp³-hybridized carbons (Fsp3) is 0.481. The van der Waals surface area contributed by atoms with E-state index in [2.05, 4.69) is 9.88 Å². The Bertz CT molecular complexity index is 1530. The topological polar surface area (TPSA) is 108 Å². The molecule has 1 fully saturated rings. The molecule has 0 radical (unpaired) electrons. The van der Waals surface area contributed by atoms with Crippen LogP contribution in [0.25, 0.3) is 10.2 Å². The highest BCUT2D eigenvalue weighted by Crippen LogP contribution is 2.33. The number of fused-ring (bicyclic) bond motifs is 1. The van der Waals surface area contributed by atoms with Gasteiger partial charge in [-0.3, -0.25) is 9.69 Å². The van der Waals surface area contributed by atoms with Crippen molar-refractivity contribution in [1.29, 1.82) is 0 Å². The van der Waals surface area contributed by atoms with E-state index in [1.807, 2.05) is 20.8 Å². The van der Waals surface area contributed by atoms with E-state index in [9.17, 15) is 21.6 Å². The number of carbonyl (C=O) groups is 1. The van der Waals surface area contributed by atoms with E-state index >= 15 is 0 Å². The fourth-order valence-electron chi connectivity index (χ4n) is 4.88. The van der Waals surface area contributed by atoms with Crippen molar-refractivity contribution in [2.45, 2.75) is 55.9 Å². The van der Waals surface area contributed by atoms with E-state index < -0.39 is 19.9 Å². The van der Waals surface area contributed by atoms with Crippen LogP contribution >= 0.6 is 11.3 Å². The number of anilines is 1. The molecule has 3 aromatic rings. The molecular weight excluding hydrogens is 557 g/mol. The van der Waals surface area contributed by atoms with Gasteiger partial charge in [-0.05, 0) is 69.3 Å². The monoisotopic (exact) mass is 592 g/mol. The molecule has 0 bridgehead atoms. The van der Waals surface area contributed by atoms with Gasteiger partial charge in [-0.25, -0.2) is 21.8 Å². The molecule has 212 valence electrons. The molecule has 0 N–H and O–H groups in total. The van der Waals surface area contributed by atoms with E-state index in [0.29, 0.717) is 40.5 Å². The molecule has 1 aliphatic heterocycles. The zero-order chi connectivity index (χ0) is 28.4. The number of thiazole rings is 1. The van der Waals surface area contributed by atoms with Crippen LogP contribution in [0.4, 0.5) is 5.13 Å². The molecule has 0 aliphatic carbocycles. The van der Waals surface area contributed by atoms with Crippen molar-refractivity contribution in [3.8, 4) is 0 Å². The lowest BCUT2D eigenvalue weighted by Gasteiger charge is -2.32. The smallest absolute Gasteiger partial charge is 0.260 e. The maximum atomic E-state index is 13.8. The van der Waals surface area contributed by atoms with Crippen molar-refractivity contribution in [2.24, 2.45) is 0 Å². The van der Waals surface area contributed by atoms with E-state index in [-0.39, 0.29) is 21.7 Å². The molecule has 2 aromatic carbocycles. The van der Waals surface area contributed by atoms with Crippen LogP contribution < -0.4 is 4.90 Å². The summed E-state index contributed by atoms with van der Waals surface area (Å²) in [5, 5.41) is 0.400. The van der Waals surface area contributed by atoms with Gasteiger partial charge in [-0.1, -0.05) is 37.7 Å². The number of piperidine rings is 1. The number of aromatic nitrogens is 1. The molecule has 0 spiro atoms. The number of rotatable bonds is 10. The quantitative estimate of drug-likeness (QED) is 0.346. The maximum absolute atomic E-state index is 13.8. The summed E-state index contributed by atoms with van der Waals surface area (Å²) in [5.41, 5.74) is 0.681. The molecule has 9 nitrogen and oxygen atoms in total. The van der Waals surface area contributed by atoms with Crippen molar-refractivity contribution < 1.29 is 21.6 Å². The number of sulfonamides is 1.